The van der Waals surface area contributed by atoms with Crippen LogP contribution in [0.2, 0.25) is 0 Å². The van der Waals surface area contributed by atoms with Crippen LogP contribution in [-0.4, -0.2) is 56.2 Å². The molecule has 1 aromatic rings. The van der Waals surface area contributed by atoms with Gasteiger partial charge in [0.1, 0.15) is 24.4 Å². The average molecular weight is 259 g/mol. The van der Waals surface area contributed by atoms with Crippen LogP contribution >= 0.6 is 0 Å². The molecular formula is C11H15O7+. The third-order valence-corrected chi connectivity index (χ3v) is 2.46. The van der Waals surface area contributed by atoms with Crippen LogP contribution in [0.5, 0.6) is 0 Å². The van der Waals surface area contributed by atoms with Crippen molar-refractivity contribution in [2.45, 2.75) is 30.5 Å². The lowest BCUT2D eigenvalue weighted by atomic mass is 9.98. The molecule has 1 aromatic heterocycles. The fraction of sp³-hybridized carbons (Fsp3) is 0.455. The Morgan fingerprint density at radius 2 is 1.67 bits per heavy atom. The highest BCUT2D eigenvalue weighted by atomic mass is 16.4. The summed E-state index contributed by atoms with van der Waals surface area (Å²) in [6, 6.07) is 4.45. The standard InChI is InChI=1S/C11H15O7/c12-5-6(13)8(14)10(16)11(17)9(15)7-3-1-2-4-18-7/h1-6,8-11,13-17H/q+1/t6-,8+,9?,10+,11+/m0/s1. The largest absolute Gasteiger partial charge is 0.387 e. The summed E-state index contributed by atoms with van der Waals surface area (Å²) in [5.74, 6) is -0.0307. The minimum atomic E-state index is -1.91. The first-order valence-electron chi connectivity index (χ1n) is 5.21. The molecule has 0 fully saturated rings. The summed E-state index contributed by atoms with van der Waals surface area (Å²) in [5, 5.41) is 47.1. The van der Waals surface area contributed by atoms with Gasteiger partial charge in [0, 0.05) is 12.1 Å². The minimum absolute atomic E-state index is 0.0138. The smallest absolute Gasteiger partial charge is 0.359 e. The average Bonchev–Trinajstić information content (AvgIpc) is 2.44. The van der Waals surface area contributed by atoms with Crippen LogP contribution in [0.4, 0.5) is 0 Å². The topological polar surface area (TPSA) is 130 Å². The van der Waals surface area contributed by atoms with Crippen molar-refractivity contribution in [1.82, 2.24) is 0 Å². The summed E-state index contributed by atoms with van der Waals surface area (Å²) in [6.45, 7) is 0. The van der Waals surface area contributed by atoms with Gasteiger partial charge >= 0.3 is 12.0 Å². The maximum atomic E-state index is 10.2. The van der Waals surface area contributed by atoms with E-state index in [2.05, 4.69) is 0 Å². The van der Waals surface area contributed by atoms with Gasteiger partial charge in [-0.2, -0.15) is 0 Å². The first-order valence-corrected chi connectivity index (χ1v) is 5.21. The molecule has 7 nitrogen and oxygen atoms in total. The van der Waals surface area contributed by atoms with Gasteiger partial charge < -0.3 is 30.3 Å². The Morgan fingerprint density at radius 3 is 2.17 bits per heavy atom. The van der Waals surface area contributed by atoms with Crippen molar-refractivity contribution < 1.29 is 34.7 Å². The summed E-state index contributed by atoms with van der Waals surface area (Å²) in [7, 11) is 0. The van der Waals surface area contributed by atoms with Crippen molar-refractivity contribution in [3.05, 3.63) is 30.2 Å². The van der Waals surface area contributed by atoms with E-state index in [-0.39, 0.29) is 12.0 Å². The summed E-state index contributed by atoms with van der Waals surface area (Å²) < 4.78 is 4.89. The van der Waals surface area contributed by atoms with E-state index >= 15 is 0 Å². The Hall–Kier alpha value is -1.38. The Balaban J connectivity index is 2.74. The fourth-order valence-electron chi connectivity index (χ4n) is 1.36. The van der Waals surface area contributed by atoms with Gasteiger partial charge in [0.15, 0.2) is 12.4 Å². The van der Waals surface area contributed by atoms with Gasteiger partial charge in [-0.15, -0.1) is 0 Å². The highest BCUT2D eigenvalue weighted by Gasteiger charge is 2.38. The summed E-state index contributed by atoms with van der Waals surface area (Å²) in [5.41, 5.74) is 0. The van der Waals surface area contributed by atoms with Crippen LogP contribution in [0, 0.1) is 0 Å². The Morgan fingerprint density at radius 1 is 1.00 bits per heavy atom. The second-order valence-corrected chi connectivity index (χ2v) is 3.75. The molecule has 0 aliphatic rings. The van der Waals surface area contributed by atoms with Crippen LogP contribution in [0.15, 0.2) is 28.9 Å². The molecule has 0 aromatic carbocycles. The van der Waals surface area contributed by atoms with Gasteiger partial charge in [0.2, 0.25) is 0 Å². The Labute approximate surface area is 103 Å². The summed E-state index contributed by atoms with van der Waals surface area (Å²) in [4.78, 5) is 10.2. The second-order valence-electron chi connectivity index (χ2n) is 3.75. The van der Waals surface area contributed by atoms with E-state index in [1.807, 2.05) is 0 Å². The van der Waals surface area contributed by atoms with Gasteiger partial charge in [-0.1, -0.05) is 0 Å². The van der Waals surface area contributed by atoms with Crippen LogP contribution in [0.25, 0.3) is 0 Å². The van der Waals surface area contributed by atoms with E-state index in [9.17, 15) is 25.2 Å². The van der Waals surface area contributed by atoms with Gasteiger partial charge in [-0.25, -0.2) is 4.42 Å². The zero-order valence-corrected chi connectivity index (χ0v) is 9.33. The molecule has 0 radical (unpaired) electrons. The van der Waals surface area contributed by atoms with Crippen molar-refractivity contribution in [2.24, 2.45) is 0 Å². The van der Waals surface area contributed by atoms with Crippen LogP contribution in [-0.2, 0) is 4.79 Å². The molecule has 7 heteroatoms. The van der Waals surface area contributed by atoms with Gasteiger partial charge in [-0.05, 0) is 6.07 Å². The van der Waals surface area contributed by atoms with Crippen LogP contribution < -0.4 is 0 Å². The van der Waals surface area contributed by atoms with E-state index < -0.39 is 30.5 Å². The van der Waals surface area contributed by atoms with Crippen molar-refractivity contribution in [3.8, 4) is 0 Å². The van der Waals surface area contributed by atoms with Crippen molar-refractivity contribution in [2.75, 3.05) is 0 Å². The summed E-state index contributed by atoms with van der Waals surface area (Å²) in [6.07, 6.45) is -7.81. The highest BCUT2D eigenvalue weighted by molar-refractivity contribution is 5.56. The molecule has 1 heterocycles. The molecule has 0 bridgehead atoms. The molecule has 1 unspecified atom stereocenters. The number of carbonyl (C=O) groups is 1. The molecule has 0 aliphatic heterocycles. The second kappa shape index (κ2) is 6.53. The van der Waals surface area contributed by atoms with Gasteiger partial charge in [-0.3, -0.25) is 0 Å². The maximum Gasteiger partial charge on any atom is 0.359 e. The monoisotopic (exact) mass is 259 g/mol. The summed E-state index contributed by atoms with van der Waals surface area (Å²) >= 11 is 0. The third-order valence-electron chi connectivity index (χ3n) is 2.46. The van der Waals surface area contributed by atoms with Crippen molar-refractivity contribution in [3.63, 3.8) is 0 Å². The molecule has 0 aliphatic carbocycles. The normalized spacial score (nSPS) is 19.6. The number of aliphatic hydroxyl groups excluding tert-OH is 5. The van der Waals surface area contributed by atoms with Gasteiger partial charge in [0.25, 0.3) is 0 Å². The van der Waals surface area contributed by atoms with Crippen LogP contribution in [0.1, 0.15) is 11.9 Å². The number of hydrogen-bond donors (Lipinski definition) is 5. The quantitative estimate of drug-likeness (QED) is 0.302. The SMILES string of the molecule is O=C[C@H](O)[C@@H](O)[C@@H](O)[C@H](O)C(O)c1cccc[o+]1. The lowest BCUT2D eigenvalue weighted by Crippen LogP contribution is -2.47. The molecule has 100 valence electrons. The van der Waals surface area contributed by atoms with E-state index in [1.165, 1.54) is 18.4 Å². The van der Waals surface area contributed by atoms with Gasteiger partial charge in [0.05, 0.1) is 0 Å². The zero-order valence-electron chi connectivity index (χ0n) is 9.33. The molecule has 0 saturated carbocycles. The number of aldehydes is 1. The van der Waals surface area contributed by atoms with E-state index in [0.717, 1.165) is 0 Å². The molecular weight excluding hydrogens is 244 g/mol. The van der Waals surface area contributed by atoms with Crippen molar-refractivity contribution >= 4 is 6.29 Å². The molecule has 0 spiro atoms. The first-order chi connectivity index (χ1) is 8.49. The molecule has 5 atom stereocenters. The Bertz CT molecular complexity index is 369. The number of carbonyl (C=O) groups excluding carboxylic acids is 1. The predicted molar refractivity (Wildman–Crippen MR) is 58.2 cm³/mol. The Kier molecular flexibility index (Phi) is 5.32. The molecule has 0 saturated heterocycles. The molecule has 18 heavy (non-hydrogen) atoms. The minimum Gasteiger partial charge on any atom is -0.387 e. The zero-order chi connectivity index (χ0) is 13.7. The highest BCUT2D eigenvalue weighted by Crippen LogP contribution is 2.20. The number of aliphatic hydroxyl groups is 5. The van der Waals surface area contributed by atoms with Crippen LogP contribution in [0.3, 0.4) is 0 Å². The van der Waals surface area contributed by atoms with E-state index in [4.69, 9.17) is 9.52 Å². The first kappa shape index (κ1) is 14.7. The van der Waals surface area contributed by atoms with E-state index in [1.54, 1.807) is 6.07 Å². The molecule has 5 N–H and O–H groups in total. The number of rotatable bonds is 6. The fourth-order valence-corrected chi connectivity index (χ4v) is 1.36. The predicted octanol–water partition coefficient (Wildman–Crippen LogP) is -1.76. The van der Waals surface area contributed by atoms with E-state index in [0.29, 0.717) is 0 Å². The number of hydrogen-bond acceptors (Lipinski definition) is 6. The lowest BCUT2D eigenvalue weighted by molar-refractivity contribution is -0.146. The maximum absolute atomic E-state index is 10.2. The lowest BCUT2D eigenvalue weighted by Gasteiger charge is -2.24. The molecule has 0 amide bonds. The van der Waals surface area contributed by atoms with Crippen molar-refractivity contribution in [1.29, 1.82) is 0 Å². The molecule has 1 rings (SSSR count). The third kappa shape index (κ3) is 3.31.